The number of aromatic nitrogens is 1. The van der Waals surface area contributed by atoms with Crippen LogP contribution in [0.3, 0.4) is 0 Å². The molecule has 0 radical (unpaired) electrons. The minimum Gasteiger partial charge on any atom is -0.452 e. The molecule has 0 saturated heterocycles. The third-order valence-electron chi connectivity index (χ3n) is 3.81. The fourth-order valence-electron chi connectivity index (χ4n) is 2.49. The fraction of sp³-hybridized carbons (Fsp3) is 0.105. The average Bonchev–Trinajstić information content (AvgIpc) is 3.03. The van der Waals surface area contributed by atoms with Gasteiger partial charge in [0.2, 0.25) is 0 Å². The van der Waals surface area contributed by atoms with Crippen LogP contribution in [-0.2, 0) is 9.53 Å². The Labute approximate surface area is 167 Å². The zero-order chi connectivity index (χ0) is 21.1. The molecule has 1 N–H and O–H groups in total. The molecule has 0 unspecified atom stereocenters. The van der Waals surface area contributed by atoms with Gasteiger partial charge in [0.15, 0.2) is 6.61 Å². The zero-order valence-corrected chi connectivity index (χ0v) is 15.5. The zero-order valence-electron chi connectivity index (χ0n) is 14.8. The Balaban J connectivity index is 1.75. The van der Waals surface area contributed by atoms with E-state index in [-0.39, 0.29) is 33.3 Å². The molecule has 10 heteroatoms. The Morgan fingerprint density at radius 3 is 2.62 bits per heavy atom. The van der Waals surface area contributed by atoms with E-state index in [0.717, 1.165) is 18.2 Å². The summed E-state index contributed by atoms with van der Waals surface area (Å²) >= 11 is 5.99. The smallest absolute Gasteiger partial charge is 0.344 e. The molecule has 3 aromatic rings. The molecular weight excluding hydrogens is 413 g/mol. The van der Waals surface area contributed by atoms with E-state index in [9.17, 15) is 22.8 Å². The number of amides is 1. The van der Waals surface area contributed by atoms with Crippen LogP contribution < -0.4 is 5.32 Å². The molecule has 6 nitrogen and oxygen atoms in total. The molecule has 0 aliphatic rings. The molecule has 150 valence electrons. The number of carbonyl (C=O) groups is 2. The van der Waals surface area contributed by atoms with Gasteiger partial charge in [-0.05, 0) is 31.2 Å². The Morgan fingerprint density at radius 2 is 1.93 bits per heavy atom. The number of aryl methyl sites for hydroxylation is 1. The van der Waals surface area contributed by atoms with Gasteiger partial charge in [-0.15, -0.1) is 0 Å². The van der Waals surface area contributed by atoms with Crippen molar-refractivity contribution in [3.05, 3.63) is 70.2 Å². The maximum Gasteiger partial charge on any atom is 0.344 e. The van der Waals surface area contributed by atoms with Crippen molar-refractivity contribution >= 4 is 29.2 Å². The third kappa shape index (κ3) is 4.40. The molecule has 0 aliphatic carbocycles. The summed E-state index contributed by atoms with van der Waals surface area (Å²) < 4.78 is 50.5. The number of halogens is 4. The molecule has 0 saturated carbocycles. The second-order valence-electron chi connectivity index (χ2n) is 5.81. The van der Waals surface area contributed by atoms with Gasteiger partial charge in [0.05, 0.1) is 16.3 Å². The third-order valence-corrected chi connectivity index (χ3v) is 4.12. The van der Waals surface area contributed by atoms with E-state index >= 15 is 0 Å². The van der Waals surface area contributed by atoms with Gasteiger partial charge < -0.3 is 14.6 Å². The van der Waals surface area contributed by atoms with E-state index in [1.807, 2.05) is 0 Å². The van der Waals surface area contributed by atoms with Crippen molar-refractivity contribution in [2.75, 3.05) is 11.9 Å². The summed E-state index contributed by atoms with van der Waals surface area (Å²) in [5, 5.41) is 5.79. The number of nitrogens with zero attached hydrogens (tertiary/aromatic N) is 1. The number of nitrogens with one attached hydrogen (secondary N) is 1. The van der Waals surface area contributed by atoms with Gasteiger partial charge in [-0.1, -0.05) is 22.8 Å². The van der Waals surface area contributed by atoms with E-state index in [4.69, 9.17) is 20.9 Å². The lowest BCUT2D eigenvalue weighted by Gasteiger charge is -2.08. The van der Waals surface area contributed by atoms with Crippen LogP contribution in [0.2, 0.25) is 5.02 Å². The molecule has 0 spiro atoms. The first-order chi connectivity index (χ1) is 13.8. The van der Waals surface area contributed by atoms with E-state index in [1.165, 1.54) is 19.1 Å². The van der Waals surface area contributed by atoms with Crippen molar-refractivity contribution in [1.29, 1.82) is 0 Å². The van der Waals surface area contributed by atoms with Crippen LogP contribution in [-0.4, -0.2) is 23.6 Å². The Hall–Kier alpha value is -3.33. The summed E-state index contributed by atoms with van der Waals surface area (Å²) in [4.78, 5) is 24.3. The largest absolute Gasteiger partial charge is 0.452 e. The number of hydrogen-bond donors (Lipinski definition) is 1. The van der Waals surface area contributed by atoms with E-state index in [0.29, 0.717) is 6.07 Å². The summed E-state index contributed by atoms with van der Waals surface area (Å²) in [6, 6.07) is 6.48. The quantitative estimate of drug-likeness (QED) is 0.609. The summed E-state index contributed by atoms with van der Waals surface area (Å²) in [5.74, 6) is -4.40. The molecule has 1 heterocycles. The summed E-state index contributed by atoms with van der Waals surface area (Å²) in [7, 11) is 0. The first-order valence-corrected chi connectivity index (χ1v) is 8.48. The second-order valence-corrected chi connectivity index (χ2v) is 6.21. The van der Waals surface area contributed by atoms with E-state index in [1.54, 1.807) is 0 Å². The number of esters is 1. The van der Waals surface area contributed by atoms with Crippen molar-refractivity contribution < 1.29 is 32.0 Å². The molecule has 0 bridgehead atoms. The molecule has 0 fully saturated rings. The summed E-state index contributed by atoms with van der Waals surface area (Å²) in [6.45, 7) is 0.612. The lowest BCUT2D eigenvalue weighted by atomic mass is 10.1. The first kappa shape index (κ1) is 20.4. The Bertz CT molecular complexity index is 1080. The molecule has 1 aromatic heterocycles. The maximum atomic E-state index is 14.2. The number of benzene rings is 2. The highest BCUT2D eigenvalue weighted by Gasteiger charge is 2.27. The highest BCUT2D eigenvalue weighted by atomic mass is 35.5. The number of hydrogen-bond acceptors (Lipinski definition) is 5. The van der Waals surface area contributed by atoms with Crippen molar-refractivity contribution in [2.45, 2.75) is 6.92 Å². The van der Waals surface area contributed by atoms with Crippen LogP contribution in [0, 0.1) is 24.4 Å². The predicted octanol–water partition coefficient (Wildman–Crippen LogP) is 4.52. The number of anilines is 1. The summed E-state index contributed by atoms with van der Waals surface area (Å²) in [6.07, 6.45) is 0. The fourth-order valence-corrected chi connectivity index (χ4v) is 2.74. The van der Waals surface area contributed by atoms with Crippen LogP contribution >= 0.6 is 11.6 Å². The Kier molecular flexibility index (Phi) is 5.88. The van der Waals surface area contributed by atoms with Gasteiger partial charge in [0.1, 0.15) is 34.5 Å². The van der Waals surface area contributed by atoms with Crippen molar-refractivity contribution in [3.8, 4) is 11.3 Å². The van der Waals surface area contributed by atoms with Crippen LogP contribution in [0.1, 0.15) is 16.1 Å². The number of carbonyl (C=O) groups excluding carboxylic acids is 2. The van der Waals surface area contributed by atoms with Crippen molar-refractivity contribution in [3.63, 3.8) is 0 Å². The SMILES string of the molecule is Cc1onc(-c2c(F)cccc2Cl)c1C(=O)OCC(=O)Nc1ccc(F)cc1F. The molecular formula is C19H12ClF3N2O4. The van der Waals surface area contributed by atoms with Crippen LogP contribution in [0.5, 0.6) is 0 Å². The standard InChI is InChI=1S/C19H12ClF3N2O4/c1-9-16(18(25-29-9)17-11(20)3-2-4-12(17)22)19(27)28-8-15(26)24-14-6-5-10(21)7-13(14)23/h2-7H,8H2,1H3,(H,24,26). The maximum absolute atomic E-state index is 14.2. The van der Waals surface area contributed by atoms with Gasteiger partial charge in [0.25, 0.3) is 5.91 Å². The normalized spacial score (nSPS) is 10.7. The molecule has 2 aromatic carbocycles. The monoisotopic (exact) mass is 424 g/mol. The first-order valence-electron chi connectivity index (χ1n) is 8.10. The molecule has 3 rings (SSSR count). The van der Waals surface area contributed by atoms with E-state index < -0.39 is 35.9 Å². The second kappa shape index (κ2) is 8.36. The minimum absolute atomic E-state index is 0.00289. The molecule has 0 aliphatic heterocycles. The lowest BCUT2D eigenvalue weighted by molar-refractivity contribution is -0.119. The summed E-state index contributed by atoms with van der Waals surface area (Å²) in [5.41, 5.74) is -0.832. The van der Waals surface area contributed by atoms with E-state index in [2.05, 4.69) is 10.5 Å². The number of ether oxygens (including phenoxy) is 1. The van der Waals surface area contributed by atoms with Gasteiger partial charge >= 0.3 is 5.97 Å². The number of rotatable bonds is 5. The van der Waals surface area contributed by atoms with Gasteiger partial charge in [-0.3, -0.25) is 4.79 Å². The van der Waals surface area contributed by atoms with Crippen LogP contribution in [0.15, 0.2) is 40.9 Å². The predicted molar refractivity (Wildman–Crippen MR) is 96.9 cm³/mol. The minimum atomic E-state index is -1.02. The van der Waals surface area contributed by atoms with Crippen LogP contribution in [0.4, 0.5) is 18.9 Å². The van der Waals surface area contributed by atoms with Crippen LogP contribution in [0.25, 0.3) is 11.3 Å². The van der Waals surface area contributed by atoms with Crippen molar-refractivity contribution in [1.82, 2.24) is 5.16 Å². The van der Waals surface area contributed by atoms with Crippen molar-refractivity contribution in [2.24, 2.45) is 0 Å². The van der Waals surface area contributed by atoms with Gasteiger partial charge in [-0.2, -0.15) is 0 Å². The Morgan fingerprint density at radius 1 is 1.17 bits per heavy atom. The molecule has 1 amide bonds. The van der Waals surface area contributed by atoms with Gasteiger partial charge in [-0.25, -0.2) is 18.0 Å². The lowest BCUT2D eigenvalue weighted by Crippen LogP contribution is -2.22. The topological polar surface area (TPSA) is 81.4 Å². The molecule has 0 atom stereocenters. The molecule has 29 heavy (non-hydrogen) atoms. The average molecular weight is 425 g/mol. The van der Waals surface area contributed by atoms with Gasteiger partial charge in [0, 0.05) is 6.07 Å². The highest BCUT2D eigenvalue weighted by molar-refractivity contribution is 6.33. The highest BCUT2D eigenvalue weighted by Crippen LogP contribution is 2.33.